The van der Waals surface area contributed by atoms with E-state index in [1.54, 1.807) is 0 Å². The quantitative estimate of drug-likeness (QED) is 0.629. The van der Waals surface area contributed by atoms with Gasteiger partial charge in [0.15, 0.2) is 0 Å². The zero-order valence-corrected chi connectivity index (χ0v) is 14.7. The van der Waals surface area contributed by atoms with Crippen LogP contribution in [0.5, 0.6) is 11.6 Å². The van der Waals surface area contributed by atoms with E-state index in [9.17, 15) is 14.0 Å². The summed E-state index contributed by atoms with van der Waals surface area (Å²) in [6.45, 7) is 1.64. The van der Waals surface area contributed by atoms with E-state index in [4.69, 9.17) is 9.47 Å². The number of anilines is 1. The van der Waals surface area contributed by atoms with Gasteiger partial charge in [0.1, 0.15) is 22.8 Å². The third-order valence-corrected chi connectivity index (χ3v) is 4.13. The van der Waals surface area contributed by atoms with Gasteiger partial charge in [0, 0.05) is 6.04 Å². The number of aromatic amines is 1. The molecule has 0 unspecified atom stereocenters. The molecule has 1 aromatic carbocycles. The fraction of sp³-hybridized carbons (Fsp3) is 0.353. The summed E-state index contributed by atoms with van der Waals surface area (Å²) in [5.74, 6) is -1.45. The van der Waals surface area contributed by atoms with Crippen molar-refractivity contribution in [1.29, 1.82) is 0 Å². The Balaban J connectivity index is 1.66. The summed E-state index contributed by atoms with van der Waals surface area (Å²) in [4.78, 5) is 24.5. The van der Waals surface area contributed by atoms with Crippen molar-refractivity contribution in [3.63, 3.8) is 0 Å². The number of nitrogens with one attached hydrogen (secondary N) is 4. The lowest BCUT2D eigenvalue weighted by Crippen LogP contribution is -2.43. The molecule has 1 aliphatic heterocycles. The normalized spacial score (nSPS) is 14.4. The SMILES string of the molecule is COc1cccc(F)c1C(=O)Nc1cn[nH]c1OC(=O)NC1CCNCC1. The van der Waals surface area contributed by atoms with Crippen LogP contribution in [0, 0.1) is 5.82 Å². The number of methoxy groups -OCH3 is 1. The Morgan fingerprint density at radius 2 is 2.07 bits per heavy atom. The first-order valence-corrected chi connectivity index (χ1v) is 8.44. The summed E-state index contributed by atoms with van der Waals surface area (Å²) in [6.07, 6.45) is 2.20. The summed E-state index contributed by atoms with van der Waals surface area (Å²) in [5, 5.41) is 14.7. The van der Waals surface area contributed by atoms with E-state index < -0.39 is 17.8 Å². The number of ether oxygens (including phenoxy) is 2. The molecule has 0 saturated carbocycles. The standard InChI is InChI=1S/C17H20FN5O4/c1-26-13-4-2-3-11(18)14(13)15(24)22-12-9-20-23-16(12)27-17(25)21-10-5-7-19-8-6-10/h2-4,9-10,19H,5-8H2,1H3,(H,20,23)(H,21,25)(H,22,24). The van der Waals surface area contributed by atoms with Gasteiger partial charge in [-0.05, 0) is 38.1 Å². The number of benzene rings is 1. The molecule has 1 fully saturated rings. The number of nitrogens with zero attached hydrogens (tertiary/aromatic N) is 1. The number of carbonyl (C=O) groups excluding carboxylic acids is 2. The number of hydrogen-bond acceptors (Lipinski definition) is 6. The number of halogens is 1. The highest BCUT2D eigenvalue weighted by Crippen LogP contribution is 2.25. The van der Waals surface area contributed by atoms with E-state index in [2.05, 4.69) is 26.1 Å². The summed E-state index contributed by atoms with van der Waals surface area (Å²) >= 11 is 0. The monoisotopic (exact) mass is 377 g/mol. The third kappa shape index (κ3) is 4.53. The Hall–Kier alpha value is -3.14. The molecule has 1 aliphatic rings. The summed E-state index contributed by atoms with van der Waals surface area (Å²) in [7, 11) is 1.34. The van der Waals surface area contributed by atoms with Gasteiger partial charge in [-0.25, -0.2) is 14.3 Å². The van der Waals surface area contributed by atoms with E-state index in [1.807, 2.05) is 0 Å². The van der Waals surface area contributed by atoms with Gasteiger partial charge in [-0.15, -0.1) is 0 Å². The molecule has 2 aromatic rings. The first-order chi connectivity index (χ1) is 13.1. The fourth-order valence-electron chi connectivity index (χ4n) is 2.78. The van der Waals surface area contributed by atoms with Gasteiger partial charge in [0.05, 0.1) is 13.3 Å². The zero-order chi connectivity index (χ0) is 19.2. The fourth-order valence-corrected chi connectivity index (χ4v) is 2.78. The zero-order valence-electron chi connectivity index (χ0n) is 14.7. The first-order valence-electron chi connectivity index (χ1n) is 8.44. The average molecular weight is 377 g/mol. The minimum Gasteiger partial charge on any atom is -0.496 e. The molecule has 0 radical (unpaired) electrons. The molecule has 3 rings (SSSR count). The molecule has 0 bridgehead atoms. The van der Waals surface area contributed by atoms with Crippen LogP contribution in [0.1, 0.15) is 23.2 Å². The highest BCUT2D eigenvalue weighted by atomic mass is 19.1. The lowest BCUT2D eigenvalue weighted by Gasteiger charge is -2.23. The molecule has 4 N–H and O–H groups in total. The van der Waals surface area contributed by atoms with Crippen LogP contribution < -0.4 is 25.4 Å². The van der Waals surface area contributed by atoms with E-state index in [1.165, 1.54) is 25.4 Å². The van der Waals surface area contributed by atoms with Gasteiger partial charge in [0.2, 0.25) is 5.88 Å². The molecule has 0 atom stereocenters. The number of H-pyrrole nitrogens is 1. The number of rotatable bonds is 5. The number of piperidine rings is 1. The molecule has 10 heteroatoms. The molecular weight excluding hydrogens is 357 g/mol. The summed E-state index contributed by atoms with van der Waals surface area (Å²) in [5.41, 5.74) is -0.155. The topological polar surface area (TPSA) is 117 Å². The van der Waals surface area contributed by atoms with Gasteiger partial charge >= 0.3 is 6.09 Å². The second-order valence-electron chi connectivity index (χ2n) is 5.94. The van der Waals surface area contributed by atoms with Crippen LogP contribution in [0.4, 0.5) is 14.9 Å². The Bertz CT molecular complexity index is 819. The van der Waals surface area contributed by atoms with Gasteiger partial charge in [-0.1, -0.05) is 6.07 Å². The summed E-state index contributed by atoms with van der Waals surface area (Å²) in [6, 6.07) is 4.07. The van der Waals surface area contributed by atoms with Crippen LogP contribution in [0.25, 0.3) is 0 Å². The van der Waals surface area contributed by atoms with E-state index in [0.29, 0.717) is 0 Å². The van der Waals surface area contributed by atoms with Crippen molar-refractivity contribution in [2.75, 3.05) is 25.5 Å². The highest BCUT2D eigenvalue weighted by molar-refractivity contribution is 6.07. The molecule has 2 amide bonds. The van der Waals surface area contributed by atoms with Crippen LogP contribution in [0.15, 0.2) is 24.4 Å². The predicted octanol–water partition coefficient (Wildman–Crippen LogP) is 1.65. The van der Waals surface area contributed by atoms with Crippen LogP contribution in [0.2, 0.25) is 0 Å². The molecule has 0 aliphatic carbocycles. The summed E-state index contributed by atoms with van der Waals surface area (Å²) < 4.78 is 24.2. The minimum atomic E-state index is -0.755. The van der Waals surface area contributed by atoms with E-state index in [0.717, 1.165) is 32.0 Å². The van der Waals surface area contributed by atoms with Crippen molar-refractivity contribution < 1.29 is 23.5 Å². The average Bonchev–Trinajstić information content (AvgIpc) is 3.08. The minimum absolute atomic E-state index is 0.0161. The van der Waals surface area contributed by atoms with Gasteiger partial charge in [-0.3, -0.25) is 4.79 Å². The smallest absolute Gasteiger partial charge is 0.414 e. The predicted molar refractivity (Wildman–Crippen MR) is 94.5 cm³/mol. The van der Waals surface area contributed by atoms with Crippen molar-refractivity contribution in [3.05, 3.63) is 35.8 Å². The van der Waals surface area contributed by atoms with Crippen molar-refractivity contribution in [2.45, 2.75) is 18.9 Å². The Kier molecular flexibility index (Phi) is 5.87. The van der Waals surface area contributed by atoms with Crippen LogP contribution in [0.3, 0.4) is 0 Å². The largest absolute Gasteiger partial charge is 0.496 e. The molecule has 0 spiro atoms. The number of carbonyl (C=O) groups is 2. The van der Waals surface area contributed by atoms with Gasteiger partial charge in [-0.2, -0.15) is 5.10 Å². The van der Waals surface area contributed by atoms with Gasteiger partial charge in [0.25, 0.3) is 5.91 Å². The molecular formula is C17H20FN5O4. The molecule has 9 nitrogen and oxygen atoms in total. The molecule has 2 heterocycles. The first kappa shape index (κ1) is 18.6. The maximum atomic E-state index is 14.0. The molecule has 1 saturated heterocycles. The van der Waals surface area contributed by atoms with Crippen molar-refractivity contribution in [2.24, 2.45) is 0 Å². The molecule has 1 aromatic heterocycles. The van der Waals surface area contributed by atoms with Crippen LogP contribution >= 0.6 is 0 Å². The lowest BCUT2D eigenvalue weighted by atomic mass is 10.1. The van der Waals surface area contributed by atoms with Crippen molar-refractivity contribution in [1.82, 2.24) is 20.8 Å². The van der Waals surface area contributed by atoms with Crippen molar-refractivity contribution in [3.8, 4) is 11.6 Å². The van der Waals surface area contributed by atoms with Crippen LogP contribution in [-0.2, 0) is 0 Å². The van der Waals surface area contributed by atoms with Crippen molar-refractivity contribution >= 4 is 17.7 Å². The molecule has 144 valence electrons. The van der Waals surface area contributed by atoms with E-state index in [-0.39, 0.29) is 28.9 Å². The Labute approximate surface area is 154 Å². The maximum Gasteiger partial charge on any atom is 0.414 e. The van der Waals surface area contributed by atoms with E-state index >= 15 is 0 Å². The second kappa shape index (κ2) is 8.49. The third-order valence-electron chi connectivity index (χ3n) is 4.13. The van der Waals surface area contributed by atoms with Gasteiger partial charge < -0.3 is 25.4 Å². The second-order valence-corrected chi connectivity index (χ2v) is 5.94. The number of hydrogen-bond donors (Lipinski definition) is 4. The molecule has 27 heavy (non-hydrogen) atoms. The highest BCUT2D eigenvalue weighted by Gasteiger charge is 2.22. The Morgan fingerprint density at radius 3 is 2.81 bits per heavy atom. The van der Waals surface area contributed by atoms with Crippen LogP contribution in [-0.4, -0.2) is 48.4 Å². The maximum absolute atomic E-state index is 14.0. The lowest BCUT2D eigenvalue weighted by molar-refractivity contribution is 0.101. The number of aromatic nitrogens is 2. The Morgan fingerprint density at radius 1 is 1.30 bits per heavy atom. The number of amides is 2.